The van der Waals surface area contributed by atoms with Crippen LogP contribution in [0.1, 0.15) is 27.7 Å². The zero-order valence-electron chi connectivity index (χ0n) is 11.6. The first-order valence-electron chi connectivity index (χ1n) is 6.51. The number of carbonyl (C=O) groups excluding carboxylic acids is 1. The van der Waals surface area contributed by atoms with Crippen LogP contribution < -0.4 is 10.1 Å². The predicted octanol–water partition coefficient (Wildman–Crippen LogP) is 3.70. The molecule has 0 aliphatic heterocycles. The van der Waals surface area contributed by atoms with Gasteiger partial charge in [0.25, 0.3) is 0 Å². The fourth-order valence-corrected chi connectivity index (χ4v) is 2.07. The highest BCUT2D eigenvalue weighted by Gasteiger charge is 2.18. The van der Waals surface area contributed by atoms with Gasteiger partial charge in [-0.1, -0.05) is 45.9 Å². The minimum absolute atomic E-state index is 0.382. The second kappa shape index (κ2) is 7.04. The monoisotopic (exact) mass is 249 g/mol. The van der Waals surface area contributed by atoms with E-state index in [1.165, 1.54) is 0 Å². The first-order valence-corrected chi connectivity index (χ1v) is 6.51. The molecule has 1 aromatic carbocycles. The first-order chi connectivity index (χ1) is 8.50. The van der Waals surface area contributed by atoms with Crippen molar-refractivity contribution in [2.45, 2.75) is 27.7 Å². The van der Waals surface area contributed by atoms with Gasteiger partial charge in [-0.25, -0.2) is 4.79 Å². The van der Waals surface area contributed by atoms with Crippen molar-refractivity contribution < 1.29 is 9.53 Å². The van der Waals surface area contributed by atoms with Crippen LogP contribution in [-0.2, 0) is 0 Å². The fourth-order valence-electron chi connectivity index (χ4n) is 2.07. The molecule has 0 aliphatic rings. The van der Waals surface area contributed by atoms with E-state index in [-0.39, 0.29) is 6.09 Å². The number of para-hydroxylation sites is 1. The van der Waals surface area contributed by atoms with Crippen molar-refractivity contribution in [1.82, 2.24) is 5.32 Å². The van der Waals surface area contributed by atoms with E-state index >= 15 is 0 Å². The van der Waals surface area contributed by atoms with Crippen LogP contribution in [-0.4, -0.2) is 12.6 Å². The van der Waals surface area contributed by atoms with Gasteiger partial charge in [0.05, 0.1) is 0 Å². The quantitative estimate of drug-likeness (QED) is 0.864. The Kier molecular flexibility index (Phi) is 5.69. The van der Waals surface area contributed by atoms with E-state index in [4.69, 9.17) is 4.74 Å². The van der Waals surface area contributed by atoms with E-state index in [0.717, 1.165) is 0 Å². The van der Waals surface area contributed by atoms with E-state index in [9.17, 15) is 4.79 Å². The molecule has 0 saturated heterocycles. The summed E-state index contributed by atoms with van der Waals surface area (Å²) in [7, 11) is 0. The van der Waals surface area contributed by atoms with Crippen molar-refractivity contribution in [2.24, 2.45) is 17.8 Å². The lowest BCUT2D eigenvalue weighted by Gasteiger charge is -2.24. The number of rotatable bonds is 5. The van der Waals surface area contributed by atoms with E-state index in [1.807, 2.05) is 18.2 Å². The normalized spacial score (nSPS) is 11.1. The molecular formula is C15H23NO2. The van der Waals surface area contributed by atoms with Crippen LogP contribution in [0.5, 0.6) is 5.75 Å². The van der Waals surface area contributed by atoms with Crippen molar-refractivity contribution in [3.05, 3.63) is 30.3 Å². The smallest absolute Gasteiger partial charge is 0.410 e. The average molecular weight is 249 g/mol. The number of amides is 1. The molecule has 1 rings (SSSR count). The van der Waals surface area contributed by atoms with Gasteiger partial charge in [-0.15, -0.1) is 0 Å². The summed E-state index contributed by atoms with van der Waals surface area (Å²) >= 11 is 0. The van der Waals surface area contributed by atoms with Gasteiger partial charge in [0.2, 0.25) is 0 Å². The minimum atomic E-state index is -0.382. The van der Waals surface area contributed by atoms with E-state index in [2.05, 4.69) is 33.0 Å². The van der Waals surface area contributed by atoms with Crippen molar-refractivity contribution >= 4 is 6.09 Å². The summed E-state index contributed by atoms with van der Waals surface area (Å²) < 4.78 is 5.17. The molecule has 18 heavy (non-hydrogen) atoms. The van der Waals surface area contributed by atoms with Crippen molar-refractivity contribution in [1.29, 1.82) is 0 Å². The number of hydrogen-bond acceptors (Lipinski definition) is 2. The topological polar surface area (TPSA) is 38.3 Å². The average Bonchev–Trinajstić information content (AvgIpc) is 2.29. The third kappa shape index (κ3) is 4.78. The Balaban J connectivity index is 2.41. The van der Waals surface area contributed by atoms with E-state index < -0.39 is 0 Å². The summed E-state index contributed by atoms with van der Waals surface area (Å²) in [6.07, 6.45) is -0.382. The third-order valence-corrected chi connectivity index (χ3v) is 3.15. The van der Waals surface area contributed by atoms with E-state index in [0.29, 0.717) is 30.0 Å². The maximum Gasteiger partial charge on any atom is 0.412 e. The third-order valence-electron chi connectivity index (χ3n) is 3.15. The minimum Gasteiger partial charge on any atom is -0.410 e. The Morgan fingerprint density at radius 2 is 1.67 bits per heavy atom. The molecule has 0 saturated carbocycles. The van der Waals surface area contributed by atoms with Crippen molar-refractivity contribution in [3.8, 4) is 5.75 Å². The van der Waals surface area contributed by atoms with Crippen LogP contribution in [0.15, 0.2) is 30.3 Å². The van der Waals surface area contributed by atoms with Gasteiger partial charge < -0.3 is 10.1 Å². The lowest BCUT2D eigenvalue weighted by atomic mass is 9.85. The molecule has 100 valence electrons. The zero-order chi connectivity index (χ0) is 13.5. The van der Waals surface area contributed by atoms with Crippen molar-refractivity contribution in [3.63, 3.8) is 0 Å². The van der Waals surface area contributed by atoms with Crippen LogP contribution >= 0.6 is 0 Å². The molecule has 0 atom stereocenters. The van der Waals surface area contributed by atoms with Crippen LogP contribution in [0.2, 0.25) is 0 Å². The fraction of sp³-hybridized carbons (Fsp3) is 0.533. The van der Waals surface area contributed by atoms with Gasteiger partial charge in [0, 0.05) is 6.54 Å². The summed E-state index contributed by atoms with van der Waals surface area (Å²) in [6, 6.07) is 9.10. The number of nitrogens with one attached hydrogen (secondary N) is 1. The summed E-state index contributed by atoms with van der Waals surface area (Å²) in [5.74, 6) is 2.12. The summed E-state index contributed by atoms with van der Waals surface area (Å²) in [5.41, 5.74) is 0. The van der Waals surface area contributed by atoms with Gasteiger partial charge in [0.15, 0.2) is 0 Å². The Bertz CT molecular complexity index is 352. The number of benzene rings is 1. The molecule has 0 spiro atoms. The Hall–Kier alpha value is -1.51. The predicted molar refractivity (Wildman–Crippen MR) is 73.6 cm³/mol. The van der Waals surface area contributed by atoms with Crippen LogP contribution in [0.3, 0.4) is 0 Å². The van der Waals surface area contributed by atoms with Gasteiger partial charge >= 0.3 is 6.09 Å². The van der Waals surface area contributed by atoms with Gasteiger partial charge in [-0.05, 0) is 29.9 Å². The Morgan fingerprint density at radius 3 is 2.17 bits per heavy atom. The van der Waals surface area contributed by atoms with Gasteiger partial charge in [0.1, 0.15) is 5.75 Å². The largest absolute Gasteiger partial charge is 0.412 e. The van der Waals surface area contributed by atoms with Gasteiger partial charge in [-0.3, -0.25) is 0 Å². The van der Waals surface area contributed by atoms with Crippen LogP contribution in [0.25, 0.3) is 0 Å². The highest BCUT2D eigenvalue weighted by molar-refractivity contribution is 5.70. The molecule has 0 radical (unpaired) electrons. The molecule has 0 heterocycles. The number of hydrogen-bond donors (Lipinski definition) is 1. The summed E-state index contributed by atoms with van der Waals surface area (Å²) in [4.78, 5) is 11.6. The molecule has 3 heteroatoms. The SMILES string of the molecule is CC(C)C(CNC(=O)Oc1ccccc1)C(C)C. The second-order valence-electron chi connectivity index (χ2n) is 5.24. The molecular weight excluding hydrogens is 226 g/mol. The molecule has 0 fully saturated rings. The Morgan fingerprint density at radius 1 is 1.11 bits per heavy atom. The molecule has 0 unspecified atom stereocenters. The lowest BCUT2D eigenvalue weighted by Crippen LogP contribution is -2.35. The molecule has 1 N–H and O–H groups in total. The number of ether oxygens (including phenoxy) is 1. The zero-order valence-corrected chi connectivity index (χ0v) is 11.6. The molecule has 0 aromatic heterocycles. The van der Waals surface area contributed by atoms with Crippen molar-refractivity contribution in [2.75, 3.05) is 6.54 Å². The molecule has 1 aromatic rings. The standard InChI is InChI=1S/C15H23NO2/c1-11(2)14(12(3)4)10-16-15(17)18-13-8-6-5-7-9-13/h5-9,11-12,14H,10H2,1-4H3,(H,16,17). The van der Waals surface area contributed by atoms with Crippen LogP contribution in [0.4, 0.5) is 4.79 Å². The molecule has 0 aliphatic carbocycles. The summed E-state index contributed by atoms with van der Waals surface area (Å²) in [6.45, 7) is 9.36. The molecule has 3 nitrogen and oxygen atoms in total. The summed E-state index contributed by atoms with van der Waals surface area (Å²) in [5, 5.41) is 2.83. The van der Waals surface area contributed by atoms with Crippen LogP contribution in [0, 0.1) is 17.8 Å². The van der Waals surface area contributed by atoms with Gasteiger partial charge in [-0.2, -0.15) is 0 Å². The lowest BCUT2D eigenvalue weighted by molar-refractivity contribution is 0.192. The Labute approximate surface area is 110 Å². The molecule has 1 amide bonds. The highest BCUT2D eigenvalue weighted by Crippen LogP contribution is 2.19. The maximum absolute atomic E-state index is 11.6. The first kappa shape index (κ1) is 14.6. The number of carbonyl (C=O) groups is 1. The highest BCUT2D eigenvalue weighted by atomic mass is 16.5. The maximum atomic E-state index is 11.6. The van der Waals surface area contributed by atoms with E-state index in [1.54, 1.807) is 12.1 Å². The molecule has 0 bridgehead atoms. The second-order valence-corrected chi connectivity index (χ2v) is 5.24.